The van der Waals surface area contributed by atoms with Crippen molar-refractivity contribution in [1.29, 1.82) is 0 Å². The maximum absolute atomic E-state index is 12.1. The van der Waals surface area contributed by atoms with Crippen LogP contribution in [0.15, 0.2) is 24.4 Å². The van der Waals surface area contributed by atoms with Crippen molar-refractivity contribution in [2.75, 3.05) is 24.3 Å². The fourth-order valence-electron chi connectivity index (χ4n) is 1.68. The summed E-state index contributed by atoms with van der Waals surface area (Å²) in [6.45, 7) is 1.42. The second kappa shape index (κ2) is 6.24. The zero-order valence-electron chi connectivity index (χ0n) is 11.8. The summed E-state index contributed by atoms with van der Waals surface area (Å²) < 4.78 is 0. The van der Waals surface area contributed by atoms with Crippen LogP contribution in [-0.4, -0.2) is 30.8 Å². The lowest BCUT2D eigenvalue weighted by molar-refractivity contribution is 0.101. The Morgan fingerprint density at radius 2 is 2.05 bits per heavy atom. The molecule has 7 heteroatoms. The molecule has 0 aliphatic carbocycles. The normalized spacial score (nSPS) is 10.3. The van der Waals surface area contributed by atoms with Crippen molar-refractivity contribution >= 4 is 46.0 Å². The van der Waals surface area contributed by atoms with Gasteiger partial charge in [-0.3, -0.25) is 9.59 Å². The average Bonchev–Trinajstić information content (AvgIpc) is 2.88. The summed E-state index contributed by atoms with van der Waals surface area (Å²) in [7, 11) is 3.78. The van der Waals surface area contributed by atoms with E-state index in [1.54, 1.807) is 12.1 Å². The van der Waals surface area contributed by atoms with Gasteiger partial charge >= 0.3 is 0 Å². The van der Waals surface area contributed by atoms with Crippen LogP contribution >= 0.6 is 22.9 Å². The highest BCUT2D eigenvalue weighted by molar-refractivity contribution is 7.15. The fourth-order valence-corrected chi connectivity index (χ4v) is 2.74. The summed E-state index contributed by atoms with van der Waals surface area (Å²) in [4.78, 5) is 29.4. The minimum Gasteiger partial charge on any atom is -0.376 e. The number of nitrogens with zero attached hydrogens (tertiary/aromatic N) is 2. The lowest BCUT2D eigenvalue weighted by Crippen LogP contribution is -2.12. The molecule has 2 aromatic rings. The number of carbonyl (C=O) groups excluding carboxylic acids is 2. The number of thiazole rings is 1. The highest BCUT2D eigenvalue weighted by atomic mass is 35.5. The van der Waals surface area contributed by atoms with Crippen molar-refractivity contribution in [3.8, 4) is 0 Å². The summed E-state index contributed by atoms with van der Waals surface area (Å²) >= 11 is 7.22. The Morgan fingerprint density at radius 1 is 1.33 bits per heavy atom. The Balaban J connectivity index is 2.15. The van der Waals surface area contributed by atoms with Crippen LogP contribution in [0.4, 0.5) is 11.4 Å². The van der Waals surface area contributed by atoms with Crippen molar-refractivity contribution in [2.24, 2.45) is 0 Å². The molecule has 2 rings (SSSR count). The Labute approximate surface area is 131 Å². The van der Waals surface area contributed by atoms with E-state index in [0.717, 1.165) is 17.0 Å². The van der Waals surface area contributed by atoms with Crippen LogP contribution in [0.1, 0.15) is 26.4 Å². The number of carbonyl (C=O) groups is 2. The van der Waals surface area contributed by atoms with E-state index in [2.05, 4.69) is 10.3 Å². The summed E-state index contributed by atoms with van der Waals surface area (Å²) in [6, 6.07) is 5.28. The van der Waals surface area contributed by atoms with Gasteiger partial charge in [0.1, 0.15) is 4.88 Å². The Morgan fingerprint density at radius 3 is 2.57 bits per heavy atom. The van der Waals surface area contributed by atoms with E-state index in [-0.39, 0.29) is 11.7 Å². The second-order valence-corrected chi connectivity index (χ2v) is 6.04. The van der Waals surface area contributed by atoms with Crippen LogP contribution in [0.3, 0.4) is 0 Å². The number of Topliss-reactive ketones (excluding diaryl/α,β-unsaturated/α-hetero) is 1. The smallest absolute Gasteiger partial charge is 0.267 e. The standard InChI is InChI=1S/C14H14ClN3O2S/c1-8(19)14-16-7-12(21-14)13(20)17-9-4-5-11(18(2)3)10(15)6-9/h4-7H,1-3H3,(H,17,20). The van der Waals surface area contributed by atoms with Gasteiger partial charge in [-0.1, -0.05) is 11.6 Å². The number of halogens is 1. The maximum Gasteiger partial charge on any atom is 0.267 e. The summed E-state index contributed by atoms with van der Waals surface area (Å²) in [6.07, 6.45) is 1.40. The first-order chi connectivity index (χ1) is 9.88. The summed E-state index contributed by atoms with van der Waals surface area (Å²) in [5, 5.41) is 3.60. The van der Waals surface area contributed by atoms with E-state index >= 15 is 0 Å². The van der Waals surface area contributed by atoms with Gasteiger partial charge in [0, 0.05) is 26.7 Å². The Kier molecular flexibility index (Phi) is 4.59. The molecule has 0 saturated carbocycles. The molecular formula is C14H14ClN3O2S. The Hall–Kier alpha value is -1.92. The number of benzene rings is 1. The minimum atomic E-state index is -0.311. The topological polar surface area (TPSA) is 62.3 Å². The maximum atomic E-state index is 12.1. The van der Waals surface area contributed by atoms with Crippen LogP contribution < -0.4 is 10.2 Å². The predicted octanol–water partition coefficient (Wildman–Crippen LogP) is 3.32. The van der Waals surface area contributed by atoms with E-state index < -0.39 is 0 Å². The van der Waals surface area contributed by atoms with Gasteiger partial charge in [-0.05, 0) is 18.2 Å². The highest BCUT2D eigenvalue weighted by Crippen LogP contribution is 2.27. The van der Waals surface area contributed by atoms with Crippen LogP contribution in [0.2, 0.25) is 5.02 Å². The quantitative estimate of drug-likeness (QED) is 0.877. The van der Waals surface area contributed by atoms with Gasteiger partial charge in [0.05, 0.1) is 16.9 Å². The average molecular weight is 324 g/mol. The lowest BCUT2D eigenvalue weighted by atomic mass is 10.2. The molecule has 0 bridgehead atoms. The molecular weight excluding hydrogens is 310 g/mol. The molecule has 1 aromatic heterocycles. The molecule has 5 nitrogen and oxygen atoms in total. The molecule has 0 aliphatic heterocycles. The molecule has 1 N–H and O–H groups in total. The van der Waals surface area contributed by atoms with E-state index in [1.807, 2.05) is 25.1 Å². The third-order valence-corrected chi connectivity index (χ3v) is 4.12. The molecule has 0 atom stereocenters. The van der Waals surface area contributed by atoms with Gasteiger partial charge in [-0.2, -0.15) is 0 Å². The van der Waals surface area contributed by atoms with Gasteiger partial charge < -0.3 is 10.2 Å². The first-order valence-electron chi connectivity index (χ1n) is 6.13. The molecule has 0 radical (unpaired) electrons. The molecule has 1 amide bonds. The van der Waals surface area contributed by atoms with Crippen molar-refractivity contribution in [3.63, 3.8) is 0 Å². The van der Waals surface area contributed by atoms with Gasteiger partial charge in [0.25, 0.3) is 5.91 Å². The second-order valence-electron chi connectivity index (χ2n) is 4.60. The van der Waals surface area contributed by atoms with Gasteiger partial charge in [0.15, 0.2) is 10.8 Å². The summed E-state index contributed by atoms with van der Waals surface area (Å²) in [5.41, 5.74) is 1.46. The Bertz CT molecular complexity index is 697. The van der Waals surface area contributed by atoms with Gasteiger partial charge in [0.2, 0.25) is 0 Å². The number of ketones is 1. The SMILES string of the molecule is CC(=O)c1ncc(C(=O)Nc2ccc(N(C)C)c(Cl)c2)s1. The van der Waals surface area contributed by atoms with E-state index in [4.69, 9.17) is 11.6 Å². The van der Waals surface area contributed by atoms with Crippen molar-refractivity contribution < 1.29 is 9.59 Å². The fraction of sp³-hybridized carbons (Fsp3) is 0.214. The molecule has 0 fully saturated rings. The van der Waals surface area contributed by atoms with Gasteiger partial charge in [-0.25, -0.2) is 4.98 Å². The van der Waals surface area contributed by atoms with E-state index in [0.29, 0.717) is 20.6 Å². The molecule has 110 valence electrons. The number of nitrogens with one attached hydrogen (secondary N) is 1. The number of anilines is 2. The largest absolute Gasteiger partial charge is 0.376 e. The molecule has 1 aromatic carbocycles. The van der Waals surface area contributed by atoms with Crippen LogP contribution in [0, 0.1) is 0 Å². The van der Waals surface area contributed by atoms with Crippen molar-refractivity contribution in [2.45, 2.75) is 6.92 Å². The number of hydrogen-bond acceptors (Lipinski definition) is 5. The first kappa shape index (κ1) is 15.5. The van der Waals surface area contributed by atoms with Gasteiger partial charge in [-0.15, -0.1) is 11.3 Å². The number of aromatic nitrogens is 1. The molecule has 21 heavy (non-hydrogen) atoms. The molecule has 0 saturated heterocycles. The van der Waals surface area contributed by atoms with Crippen molar-refractivity contribution in [1.82, 2.24) is 4.98 Å². The van der Waals surface area contributed by atoms with Crippen molar-refractivity contribution in [3.05, 3.63) is 39.3 Å². The number of amides is 1. The lowest BCUT2D eigenvalue weighted by Gasteiger charge is -2.15. The third kappa shape index (κ3) is 3.59. The number of rotatable bonds is 4. The first-order valence-corrected chi connectivity index (χ1v) is 7.33. The van der Waals surface area contributed by atoms with Crippen LogP contribution in [0.25, 0.3) is 0 Å². The highest BCUT2D eigenvalue weighted by Gasteiger charge is 2.13. The molecule has 0 spiro atoms. The molecule has 0 unspecified atom stereocenters. The molecule has 1 heterocycles. The molecule has 0 aliphatic rings. The van der Waals surface area contributed by atoms with E-state index in [1.165, 1.54) is 13.1 Å². The van der Waals surface area contributed by atoms with Crippen LogP contribution in [-0.2, 0) is 0 Å². The minimum absolute atomic E-state index is 0.155. The zero-order chi connectivity index (χ0) is 15.6. The van der Waals surface area contributed by atoms with Crippen LogP contribution in [0.5, 0.6) is 0 Å². The number of hydrogen-bond donors (Lipinski definition) is 1. The summed E-state index contributed by atoms with van der Waals surface area (Å²) in [5.74, 6) is -0.467. The predicted molar refractivity (Wildman–Crippen MR) is 85.9 cm³/mol. The monoisotopic (exact) mass is 323 g/mol. The zero-order valence-corrected chi connectivity index (χ0v) is 13.4. The van der Waals surface area contributed by atoms with E-state index in [9.17, 15) is 9.59 Å². The third-order valence-electron chi connectivity index (χ3n) is 2.72.